The minimum Gasteiger partial charge on any atom is -0.321 e. The molecule has 1 aromatic carbocycles. The summed E-state index contributed by atoms with van der Waals surface area (Å²) in [7, 11) is 1.83. The van der Waals surface area contributed by atoms with Crippen molar-refractivity contribution in [2.24, 2.45) is 7.05 Å². The highest BCUT2D eigenvalue weighted by Gasteiger charge is 2.15. The Morgan fingerprint density at radius 1 is 1.15 bits per heavy atom. The van der Waals surface area contributed by atoms with Crippen LogP contribution in [-0.4, -0.2) is 29.2 Å². The minimum absolute atomic E-state index is 0.0710. The van der Waals surface area contributed by atoms with Gasteiger partial charge in [-0.2, -0.15) is 10.1 Å². The Kier molecular flexibility index (Phi) is 3.84. The first kappa shape index (κ1) is 16.7. The number of hydrogen-bond acceptors (Lipinski definition) is 6. The molecule has 0 saturated carbocycles. The lowest BCUT2D eigenvalue weighted by molar-refractivity contribution is -0.384. The third-order valence-electron chi connectivity index (χ3n) is 4.33. The highest BCUT2D eigenvalue weighted by Crippen LogP contribution is 2.28. The Hall–Kier alpha value is -3.75. The van der Waals surface area contributed by atoms with Crippen LogP contribution in [0, 0.1) is 24.0 Å². The molecule has 0 amide bonds. The van der Waals surface area contributed by atoms with Crippen LogP contribution in [0.2, 0.25) is 0 Å². The number of anilines is 2. The van der Waals surface area contributed by atoms with E-state index in [9.17, 15) is 10.1 Å². The molecule has 4 rings (SSSR count). The van der Waals surface area contributed by atoms with Crippen molar-refractivity contribution in [2.75, 3.05) is 5.32 Å². The van der Waals surface area contributed by atoms with E-state index in [0.717, 1.165) is 27.7 Å². The van der Waals surface area contributed by atoms with Crippen LogP contribution in [0.3, 0.4) is 0 Å². The number of nitro groups is 1. The van der Waals surface area contributed by atoms with Gasteiger partial charge in [0.05, 0.1) is 22.3 Å². The SMILES string of the molecule is Cc1cnc(Nc2cnn(C)c2)nc1-n1cc(C)c2cc([N+](=O)[O-])ccc21. The second-order valence-electron chi connectivity index (χ2n) is 6.37. The Morgan fingerprint density at radius 2 is 1.96 bits per heavy atom. The van der Waals surface area contributed by atoms with Gasteiger partial charge in [-0.05, 0) is 25.5 Å². The topological polar surface area (TPSA) is 104 Å². The van der Waals surface area contributed by atoms with Gasteiger partial charge in [0, 0.05) is 48.7 Å². The zero-order chi connectivity index (χ0) is 19.1. The summed E-state index contributed by atoms with van der Waals surface area (Å²) in [6.45, 7) is 3.85. The quantitative estimate of drug-likeness (QED) is 0.440. The molecular formula is C18H17N7O2. The van der Waals surface area contributed by atoms with Gasteiger partial charge >= 0.3 is 0 Å². The Morgan fingerprint density at radius 3 is 2.67 bits per heavy atom. The van der Waals surface area contributed by atoms with E-state index in [-0.39, 0.29) is 10.6 Å². The summed E-state index contributed by atoms with van der Waals surface area (Å²) >= 11 is 0. The number of aromatic nitrogens is 5. The summed E-state index contributed by atoms with van der Waals surface area (Å²) in [5.41, 5.74) is 3.54. The second-order valence-corrected chi connectivity index (χ2v) is 6.37. The monoisotopic (exact) mass is 363 g/mol. The predicted molar refractivity (Wildman–Crippen MR) is 101 cm³/mol. The molecule has 3 heterocycles. The molecule has 4 aromatic rings. The zero-order valence-electron chi connectivity index (χ0n) is 15.0. The largest absolute Gasteiger partial charge is 0.321 e. The van der Waals surface area contributed by atoms with Crippen molar-refractivity contribution in [3.63, 3.8) is 0 Å². The van der Waals surface area contributed by atoms with E-state index < -0.39 is 0 Å². The van der Waals surface area contributed by atoms with Gasteiger partial charge in [0.2, 0.25) is 5.95 Å². The fourth-order valence-electron chi connectivity index (χ4n) is 3.02. The van der Waals surface area contributed by atoms with Gasteiger partial charge in [-0.3, -0.25) is 14.8 Å². The third-order valence-corrected chi connectivity index (χ3v) is 4.33. The molecule has 0 saturated heterocycles. The maximum atomic E-state index is 11.1. The number of nitrogens with zero attached hydrogens (tertiary/aromatic N) is 6. The van der Waals surface area contributed by atoms with Crippen molar-refractivity contribution >= 4 is 28.2 Å². The maximum absolute atomic E-state index is 11.1. The number of benzene rings is 1. The van der Waals surface area contributed by atoms with Gasteiger partial charge in [-0.1, -0.05) is 0 Å². The van der Waals surface area contributed by atoms with Gasteiger partial charge in [-0.25, -0.2) is 4.98 Å². The summed E-state index contributed by atoms with van der Waals surface area (Å²) in [6.07, 6.45) is 7.19. The summed E-state index contributed by atoms with van der Waals surface area (Å²) in [5, 5.41) is 19.1. The summed E-state index contributed by atoms with van der Waals surface area (Å²) in [6, 6.07) is 4.84. The Bertz CT molecular complexity index is 1180. The van der Waals surface area contributed by atoms with Crippen molar-refractivity contribution in [2.45, 2.75) is 13.8 Å². The molecule has 0 bridgehead atoms. The van der Waals surface area contributed by atoms with Gasteiger partial charge in [0.15, 0.2) is 0 Å². The number of nitrogens with one attached hydrogen (secondary N) is 1. The number of aryl methyl sites for hydroxylation is 3. The van der Waals surface area contributed by atoms with E-state index in [1.54, 1.807) is 29.2 Å². The fourth-order valence-corrected chi connectivity index (χ4v) is 3.02. The van der Waals surface area contributed by atoms with Gasteiger partial charge in [-0.15, -0.1) is 0 Å². The highest BCUT2D eigenvalue weighted by atomic mass is 16.6. The predicted octanol–water partition coefficient (Wildman–Crippen LogP) is 3.42. The van der Waals surface area contributed by atoms with Gasteiger partial charge in [0.1, 0.15) is 5.82 Å². The lowest BCUT2D eigenvalue weighted by Crippen LogP contribution is -2.04. The molecule has 0 spiro atoms. The molecular weight excluding hydrogens is 346 g/mol. The van der Waals surface area contributed by atoms with Crippen LogP contribution in [-0.2, 0) is 7.05 Å². The fraction of sp³-hybridized carbons (Fsp3) is 0.167. The van der Waals surface area contributed by atoms with Crippen LogP contribution in [0.15, 0.2) is 43.0 Å². The molecule has 1 N–H and O–H groups in total. The molecule has 0 aliphatic rings. The van der Waals surface area contributed by atoms with Crippen molar-refractivity contribution in [1.82, 2.24) is 24.3 Å². The number of rotatable bonds is 4. The molecule has 3 aromatic heterocycles. The third kappa shape index (κ3) is 2.99. The first-order valence-corrected chi connectivity index (χ1v) is 8.28. The second kappa shape index (κ2) is 6.20. The van der Waals surface area contributed by atoms with Crippen LogP contribution in [0.1, 0.15) is 11.1 Å². The van der Waals surface area contributed by atoms with Crippen LogP contribution < -0.4 is 5.32 Å². The van der Waals surface area contributed by atoms with Crippen LogP contribution in [0.5, 0.6) is 0 Å². The molecule has 9 nitrogen and oxygen atoms in total. The smallest absolute Gasteiger partial charge is 0.270 e. The van der Waals surface area contributed by atoms with Crippen LogP contribution in [0.25, 0.3) is 16.7 Å². The first-order valence-electron chi connectivity index (χ1n) is 8.28. The zero-order valence-corrected chi connectivity index (χ0v) is 15.0. The van der Waals surface area contributed by atoms with E-state index in [4.69, 9.17) is 0 Å². The van der Waals surface area contributed by atoms with E-state index >= 15 is 0 Å². The first-order chi connectivity index (χ1) is 12.9. The average molecular weight is 363 g/mol. The van der Waals surface area contributed by atoms with E-state index in [0.29, 0.717) is 11.8 Å². The lowest BCUT2D eigenvalue weighted by atomic mass is 10.2. The number of nitro benzene ring substituents is 1. The van der Waals surface area contributed by atoms with E-state index in [1.807, 2.05) is 37.9 Å². The molecule has 0 aliphatic heterocycles. The molecule has 0 fully saturated rings. The van der Waals surface area contributed by atoms with Gasteiger partial charge < -0.3 is 9.88 Å². The van der Waals surface area contributed by atoms with Crippen molar-refractivity contribution in [3.8, 4) is 5.82 Å². The molecule has 0 radical (unpaired) electrons. The van der Waals surface area contributed by atoms with Crippen molar-refractivity contribution in [1.29, 1.82) is 0 Å². The summed E-state index contributed by atoms with van der Waals surface area (Å²) in [4.78, 5) is 19.7. The number of non-ortho nitro benzene ring substituents is 1. The summed E-state index contributed by atoms with van der Waals surface area (Å²) in [5.74, 6) is 1.16. The van der Waals surface area contributed by atoms with E-state index in [1.165, 1.54) is 6.07 Å². The van der Waals surface area contributed by atoms with Crippen LogP contribution >= 0.6 is 0 Å². The molecule has 0 atom stereocenters. The molecule has 0 aliphatic carbocycles. The molecule has 27 heavy (non-hydrogen) atoms. The Balaban J connectivity index is 1.81. The average Bonchev–Trinajstić information content (AvgIpc) is 3.19. The van der Waals surface area contributed by atoms with Crippen molar-refractivity contribution < 1.29 is 4.92 Å². The van der Waals surface area contributed by atoms with E-state index in [2.05, 4.69) is 20.4 Å². The normalized spacial score (nSPS) is 11.1. The molecule has 136 valence electrons. The van der Waals surface area contributed by atoms with Crippen LogP contribution in [0.4, 0.5) is 17.3 Å². The summed E-state index contributed by atoms with van der Waals surface area (Å²) < 4.78 is 3.62. The maximum Gasteiger partial charge on any atom is 0.270 e. The highest BCUT2D eigenvalue weighted by molar-refractivity contribution is 5.87. The molecule has 0 unspecified atom stereocenters. The van der Waals surface area contributed by atoms with Crippen molar-refractivity contribution in [3.05, 3.63) is 64.2 Å². The standard InChI is InChI=1S/C18H17N7O2/c1-11-7-19-18(21-13-8-20-23(3)10-13)22-17(11)24-9-12(2)15-6-14(25(26)27)4-5-16(15)24/h4-10H,1-3H3,(H,19,21,22). The minimum atomic E-state index is -0.387. The number of hydrogen-bond donors (Lipinski definition) is 1. The lowest BCUT2D eigenvalue weighted by Gasteiger charge is -2.10. The number of fused-ring (bicyclic) bond motifs is 1. The Labute approximate surface area is 154 Å². The molecule has 9 heteroatoms. The van der Waals surface area contributed by atoms with Gasteiger partial charge in [0.25, 0.3) is 5.69 Å².